The molecule has 1 aliphatic rings. The Hall–Kier alpha value is -6.94. The molecule has 2 aromatic heterocycles. The zero-order valence-corrected chi connectivity index (χ0v) is 32.0. The summed E-state index contributed by atoms with van der Waals surface area (Å²) in [5.74, 6) is 0.764. The summed E-state index contributed by atoms with van der Waals surface area (Å²) >= 11 is 0. The number of rotatable bonds is 14. The molecule has 0 fully saturated rings. The Morgan fingerprint density at radius 3 is 2.00 bits per heavy atom. The first-order valence-corrected chi connectivity index (χ1v) is 19.4. The molecule has 1 amide bonds. The molecule has 0 spiro atoms. The van der Waals surface area contributed by atoms with Gasteiger partial charge >= 0.3 is 5.97 Å². The van der Waals surface area contributed by atoms with E-state index in [1.165, 1.54) is 4.90 Å². The van der Waals surface area contributed by atoms with E-state index in [4.69, 9.17) is 20.0 Å². The summed E-state index contributed by atoms with van der Waals surface area (Å²) in [6.07, 6.45) is 6.54. The molecule has 284 valence electrons. The second kappa shape index (κ2) is 16.4. The van der Waals surface area contributed by atoms with Crippen molar-refractivity contribution in [3.05, 3.63) is 185 Å². The van der Waals surface area contributed by atoms with Gasteiger partial charge in [0.15, 0.2) is 5.54 Å². The number of esters is 1. The number of benzene rings is 5. The van der Waals surface area contributed by atoms with Crippen molar-refractivity contribution in [2.24, 2.45) is 0 Å². The first-order chi connectivity index (χ1) is 28.0. The molecule has 0 aliphatic carbocycles. The van der Waals surface area contributed by atoms with Crippen molar-refractivity contribution in [3.8, 4) is 11.4 Å². The normalized spacial score (nSPS) is 13.3. The van der Waals surface area contributed by atoms with Gasteiger partial charge in [-0.15, -0.1) is 15.0 Å². The van der Waals surface area contributed by atoms with E-state index >= 15 is 0 Å². The Labute approximate surface area is 332 Å². The van der Waals surface area contributed by atoms with Crippen molar-refractivity contribution in [1.29, 1.82) is 0 Å². The second-order valence-electron chi connectivity index (χ2n) is 14.0. The fourth-order valence-electron chi connectivity index (χ4n) is 7.65. The number of anilines is 1. The van der Waals surface area contributed by atoms with Crippen LogP contribution in [0.15, 0.2) is 146 Å². The van der Waals surface area contributed by atoms with Crippen LogP contribution >= 0.6 is 0 Å². The predicted octanol–water partition coefficient (Wildman–Crippen LogP) is 8.22. The number of aromatic nitrogens is 6. The fourth-order valence-corrected chi connectivity index (χ4v) is 7.65. The number of para-hydroxylation sites is 1. The molecule has 0 radical (unpaired) electrons. The van der Waals surface area contributed by atoms with E-state index in [2.05, 4.69) is 65.1 Å². The SMILES string of the molecule is CCCCc1ncc(C=C2C(=O)N(CC(=O)OCC)c3ccccc32)n1Cc1ccc(-c2nnn(C(c3ccccc3)(c3ccccc3)c3ccccc3)n2)cc1. The van der Waals surface area contributed by atoms with Gasteiger partial charge < -0.3 is 9.30 Å². The van der Waals surface area contributed by atoms with Crippen LogP contribution in [0.4, 0.5) is 5.69 Å². The molecule has 7 aromatic rings. The number of nitrogens with zero attached hydrogens (tertiary/aromatic N) is 7. The molecule has 10 heteroatoms. The molecule has 0 atom stereocenters. The van der Waals surface area contributed by atoms with Crippen molar-refractivity contribution in [2.75, 3.05) is 18.1 Å². The number of carbonyl (C=O) groups is 2. The summed E-state index contributed by atoms with van der Waals surface area (Å²) in [7, 11) is 0. The Kier molecular flexibility index (Phi) is 10.7. The van der Waals surface area contributed by atoms with Gasteiger partial charge in [-0.1, -0.05) is 147 Å². The fraction of sp³-hybridized carbons (Fsp3) is 0.191. The summed E-state index contributed by atoms with van der Waals surface area (Å²) in [5, 5.41) is 14.4. The number of fused-ring (bicyclic) bond motifs is 1. The minimum absolute atomic E-state index is 0.150. The third-order valence-electron chi connectivity index (χ3n) is 10.4. The maximum atomic E-state index is 13.8. The minimum atomic E-state index is -0.868. The molecule has 3 heterocycles. The lowest BCUT2D eigenvalue weighted by atomic mass is 9.77. The average molecular weight is 754 g/mol. The zero-order chi connectivity index (χ0) is 39.2. The van der Waals surface area contributed by atoms with Gasteiger partial charge in [0.1, 0.15) is 12.4 Å². The molecule has 10 nitrogen and oxygen atoms in total. The molecule has 1 aliphatic heterocycles. The van der Waals surface area contributed by atoms with Crippen LogP contribution in [0.2, 0.25) is 0 Å². The van der Waals surface area contributed by atoms with Crippen LogP contribution in [0.5, 0.6) is 0 Å². The van der Waals surface area contributed by atoms with Gasteiger partial charge in [0.25, 0.3) is 5.91 Å². The highest BCUT2D eigenvalue weighted by Crippen LogP contribution is 2.40. The molecule has 0 unspecified atom stereocenters. The quantitative estimate of drug-likeness (QED) is 0.0626. The summed E-state index contributed by atoms with van der Waals surface area (Å²) in [6.45, 7) is 4.56. The number of carbonyl (C=O) groups excluding carboxylic acids is 2. The van der Waals surface area contributed by atoms with Crippen molar-refractivity contribution in [1.82, 2.24) is 29.8 Å². The number of ether oxygens (including phenoxy) is 1. The van der Waals surface area contributed by atoms with E-state index in [9.17, 15) is 9.59 Å². The molecule has 0 N–H and O–H groups in total. The van der Waals surface area contributed by atoms with E-state index in [1.807, 2.05) is 103 Å². The molecular formula is C47H43N7O3. The highest BCUT2D eigenvalue weighted by molar-refractivity contribution is 6.36. The van der Waals surface area contributed by atoms with E-state index < -0.39 is 11.5 Å². The van der Waals surface area contributed by atoms with Crippen molar-refractivity contribution < 1.29 is 14.3 Å². The van der Waals surface area contributed by atoms with Crippen molar-refractivity contribution >= 4 is 29.2 Å². The summed E-state index contributed by atoms with van der Waals surface area (Å²) in [5.41, 5.74) is 6.85. The monoisotopic (exact) mass is 753 g/mol. The van der Waals surface area contributed by atoms with Gasteiger partial charge in [-0.05, 0) is 53.0 Å². The number of unbranched alkanes of at least 4 members (excludes halogenated alkanes) is 1. The van der Waals surface area contributed by atoms with Gasteiger partial charge in [0.2, 0.25) is 5.82 Å². The highest BCUT2D eigenvalue weighted by atomic mass is 16.5. The summed E-state index contributed by atoms with van der Waals surface area (Å²) in [4.78, 5) is 34.3. The Balaban J connectivity index is 1.12. The van der Waals surface area contributed by atoms with Crippen LogP contribution < -0.4 is 4.90 Å². The van der Waals surface area contributed by atoms with Crippen LogP contribution in [0.3, 0.4) is 0 Å². The van der Waals surface area contributed by atoms with E-state index in [-0.39, 0.29) is 19.1 Å². The number of hydrogen-bond donors (Lipinski definition) is 0. The zero-order valence-electron chi connectivity index (χ0n) is 32.0. The first-order valence-electron chi connectivity index (χ1n) is 19.4. The van der Waals surface area contributed by atoms with Gasteiger partial charge in [-0.25, -0.2) is 4.98 Å². The molecule has 5 aromatic carbocycles. The van der Waals surface area contributed by atoms with Crippen LogP contribution in [-0.4, -0.2) is 54.8 Å². The van der Waals surface area contributed by atoms with Crippen molar-refractivity contribution in [3.63, 3.8) is 0 Å². The van der Waals surface area contributed by atoms with E-state index in [0.29, 0.717) is 23.6 Å². The minimum Gasteiger partial charge on any atom is -0.465 e. The van der Waals surface area contributed by atoms with Gasteiger partial charge in [-0.3, -0.25) is 14.5 Å². The van der Waals surface area contributed by atoms with Crippen LogP contribution in [0, 0.1) is 0 Å². The Bertz CT molecular complexity index is 2410. The molecule has 0 saturated carbocycles. The molecule has 57 heavy (non-hydrogen) atoms. The predicted molar refractivity (Wildman–Crippen MR) is 221 cm³/mol. The first kappa shape index (κ1) is 37.0. The Morgan fingerprint density at radius 1 is 0.772 bits per heavy atom. The standard InChI is InChI=1S/C47H43N7O3/c1-3-5-25-43-48-31-39(30-41-40-23-15-16-24-42(40)53(46(41)56)33-44(55)57-4-2)52(43)32-34-26-28-35(29-27-34)45-49-51-54(50-45)47(36-17-9-6-10-18-36,37-19-11-7-12-20-37)38-21-13-8-14-22-38/h6-24,26-31H,3-5,25,32-33H2,1-2H3. The lowest BCUT2D eigenvalue weighted by molar-refractivity contribution is -0.142. The summed E-state index contributed by atoms with van der Waals surface area (Å²) < 4.78 is 7.35. The van der Waals surface area contributed by atoms with E-state index in [1.54, 1.807) is 11.7 Å². The maximum Gasteiger partial charge on any atom is 0.326 e. The lowest BCUT2D eigenvalue weighted by Crippen LogP contribution is -2.39. The number of amides is 1. The van der Waals surface area contributed by atoms with Gasteiger partial charge in [0.05, 0.1) is 29.8 Å². The van der Waals surface area contributed by atoms with Crippen LogP contribution in [0.25, 0.3) is 23.0 Å². The number of aryl methyl sites for hydroxylation is 1. The van der Waals surface area contributed by atoms with Gasteiger partial charge in [-0.2, -0.15) is 0 Å². The topological polar surface area (TPSA) is 108 Å². The highest BCUT2D eigenvalue weighted by Gasteiger charge is 2.41. The largest absolute Gasteiger partial charge is 0.465 e. The average Bonchev–Trinajstić information content (AvgIpc) is 3.96. The second-order valence-corrected chi connectivity index (χ2v) is 14.0. The summed E-state index contributed by atoms with van der Waals surface area (Å²) in [6, 6.07) is 46.6. The van der Waals surface area contributed by atoms with Crippen LogP contribution in [0.1, 0.15) is 66.0 Å². The molecular weight excluding hydrogens is 711 g/mol. The van der Waals surface area contributed by atoms with Crippen molar-refractivity contribution in [2.45, 2.75) is 45.2 Å². The molecule has 0 bridgehead atoms. The smallest absolute Gasteiger partial charge is 0.326 e. The third-order valence-corrected chi connectivity index (χ3v) is 10.4. The molecule has 8 rings (SSSR count). The third kappa shape index (κ3) is 7.17. The number of hydrogen-bond acceptors (Lipinski definition) is 7. The Morgan fingerprint density at radius 2 is 1.39 bits per heavy atom. The van der Waals surface area contributed by atoms with Gasteiger partial charge in [0, 0.05) is 24.1 Å². The van der Waals surface area contributed by atoms with E-state index in [0.717, 1.165) is 64.2 Å². The number of imidazole rings is 1. The number of tetrazole rings is 1. The van der Waals surface area contributed by atoms with Crippen LogP contribution in [-0.2, 0) is 32.8 Å². The lowest BCUT2D eigenvalue weighted by Gasteiger charge is -2.34. The maximum absolute atomic E-state index is 13.8. The molecule has 0 saturated heterocycles.